The molecule has 2 aliphatic rings. The number of thiazole rings is 1. The number of hydrogen-bond acceptors (Lipinski definition) is 7. The number of aromatic nitrogens is 1. The van der Waals surface area contributed by atoms with E-state index in [1.807, 2.05) is 0 Å². The zero-order valence-corrected chi connectivity index (χ0v) is 16.4. The number of carbonyl (C=O) groups is 1. The normalized spacial score (nSPS) is 25.0. The number of thioether (sulfide) groups is 1. The summed E-state index contributed by atoms with van der Waals surface area (Å²) in [4.78, 5) is 21.7. The first kappa shape index (κ1) is 19.1. The third kappa shape index (κ3) is 3.96. The summed E-state index contributed by atoms with van der Waals surface area (Å²) < 4.78 is 13.5. The Labute approximate surface area is 169 Å². The molecule has 1 aliphatic heterocycles. The fraction of sp³-hybridized carbons (Fsp3) is 0.316. The first-order valence-electron chi connectivity index (χ1n) is 8.87. The summed E-state index contributed by atoms with van der Waals surface area (Å²) in [6, 6.07) is 3.73. The molecule has 6 nitrogen and oxygen atoms in total. The van der Waals surface area contributed by atoms with Crippen LogP contribution in [0.4, 0.5) is 4.39 Å². The van der Waals surface area contributed by atoms with Crippen LogP contribution in [-0.4, -0.2) is 38.9 Å². The molecule has 2 fully saturated rings. The second-order valence-electron chi connectivity index (χ2n) is 6.68. The van der Waals surface area contributed by atoms with E-state index in [0.29, 0.717) is 26.3 Å². The van der Waals surface area contributed by atoms with E-state index in [1.54, 1.807) is 11.5 Å². The highest BCUT2D eigenvalue weighted by Crippen LogP contribution is 2.34. The zero-order valence-electron chi connectivity index (χ0n) is 14.8. The van der Waals surface area contributed by atoms with Crippen LogP contribution in [0, 0.1) is 11.7 Å². The number of benzene rings is 1. The summed E-state index contributed by atoms with van der Waals surface area (Å²) >= 11 is 2.51. The molecule has 1 aromatic carbocycles. The number of aliphatic imine (C=N–C) groups is 1. The molecule has 0 bridgehead atoms. The van der Waals surface area contributed by atoms with Gasteiger partial charge in [-0.25, -0.2) is 9.37 Å². The highest BCUT2D eigenvalue weighted by molar-refractivity contribution is 8.18. The predicted octanol–water partition coefficient (Wildman–Crippen LogP) is 3.38. The molecule has 4 rings (SSSR count). The first-order chi connectivity index (χ1) is 13.5. The van der Waals surface area contributed by atoms with Gasteiger partial charge < -0.3 is 15.5 Å². The van der Waals surface area contributed by atoms with Crippen LogP contribution in [0.5, 0.6) is 5.75 Å². The molecule has 9 heteroatoms. The fourth-order valence-electron chi connectivity index (χ4n) is 3.33. The lowest BCUT2D eigenvalue weighted by atomic mass is 10.1. The molecule has 2 aromatic rings. The number of phenolic OH excluding ortho intramolecular Hbond substituents is 1. The Morgan fingerprint density at radius 1 is 1.39 bits per heavy atom. The molecule has 1 aliphatic carbocycles. The van der Waals surface area contributed by atoms with E-state index in [1.165, 1.54) is 41.3 Å². The number of rotatable bonds is 4. The number of hydrogen-bond donors (Lipinski definition) is 3. The van der Waals surface area contributed by atoms with E-state index in [-0.39, 0.29) is 30.2 Å². The maximum atomic E-state index is 13.5. The Bertz CT molecular complexity index is 973. The smallest absolute Gasteiger partial charge is 0.264 e. The van der Waals surface area contributed by atoms with Gasteiger partial charge in [0.15, 0.2) is 5.17 Å². The van der Waals surface area contributed by atoms with Crippen LogP contribution in [0.2, 0.25) is 0 Å². The molecule has 1 amide bonds. The average molecular weight is 420 g/mol. The van der Waals surface area contributed by atoms with E-state index in [9.17, 15) is 19.4 Å². The van der Waals surface area contributed by atoms with Gasteiger partial charge in [0, 0.05) is 17.9 Å². The van der Waals surface area contributed by atoms with Crippen molar-refractivity contribution >= 4 is 40.2 Å². The van der Waals surface area contributed by atoms with Crippen molar-refractivity contribution in [3.05, 3.63) is 40.0 Å². The van der Waals surface area contributed by atoms with Crippen molar-refractivity contribution < 1.29 is 19.4 Å². The Hall–Kier alpha value is -2.23. The summed E-state index contributed by atoms with van der Waals surface area (Å²) in [5, 5.41) is 24.9. The van der Waals surface area contributed by atoms with Gasteiger partial charge in [0.05, 0.1) is 22.2 Å². The number of aliphatic hydroxyl groups is 1. The van der Waals surface area contributed by atoms with Gasteiger partial charge in [0.25, 0.3) is 5.91 Å². The molecule has 1 aromatic heterocycles. The Balaban J connectivity index is 1.53. The Kier molecular flexibility index (Phi) is 5.47. The molecule has 28 heavy (non-hydrogen) atoms. The van der Waals surface area contributed by atoms with Crippen LogP contribution in [0.1, 0.15) is 25.0 Å². The molecule has 2 heterocycles. The van der Waals surface area contributed by atoms with Gasteiger partial charge in [-0.15, -0.1) is 11.3 Å². The molecule has 0 unspecified atom stereocenters. The van der Waals surface area contributed by atoms with Gasteiger partial charge in [-0.3, -0.25) is 9.79 Å². The van der Waals surface area contributed by atoms with Crippen LogP contribution < -0.4 is 5.32 Å². The monoisotopic (exact) mass is 419 g/mol. The molecule has 0 spiro atoms. The van der Waals surface area contributed by atoms with Crippen molar-refractivity contribution in [2.45, 2.75) is 25.3 Å². The highest BCUT2D eigenvalue weighted by atomic mass is 32.2. The lowest BCUT2D eigenvalue weighted by molar-refractivity contribution is -0.115. The quantitative estimate of drug-likeness (QED) is 0.661. The standard InChI is InChI=1S/C19H18FN3O3S2/c20-11-4-5-15(25)13(6-11)18-21-12(9-27-18)7-16-17(26)23-19(28-16)22-14-3-1-2-10(14)8-24/h4-7,9-10,14,24-25H,1-3,8H2,(H,22,23,26)/b16-7+/t10-,14+/m1/s1. The van der Waals surface area contributed by atoms with Gasteiger partial charge in [0.2, 0.25) is 0 Å². The number of aromatic hydroxyl groups is 1. The Morgan fingerprint density at radius 2 is 2.25 bits per heavy atom. The minimum absolute atomic E-state index is 0.0361. The van der Waals surface area contributed by atoms with E-state index in [4.69, 9.17) is 0 Å². The summed E-state index contributed by atoms with van der Waals surface area (Å²) in [6.07, 6.45) is 4.55. The number of nitrogens with one attached hydrogen (secondary N) is 1. The Morgan fingerprint density at radius 3 is 3.07 bits per heavy atom. The van der Waals surface area contributed by atoms with Crippen molar-refractivity contribution in [3.63, 3.8) is 0 Å². The summed E-state index contributed by atoms with van der Waals surface area (Å²) in [5.74, 6) is -0.599. The summed E-state index contributed by atoms with van der Waals surface area (Å²) in [7, 11) is 0. The van der Waals surface area contributed by atoms with E-state index < -0.39 is 5.82 Å². The van der Waals surface area contributed by atoms with Crippen LogP contribution >= 0.6 is 23.1 Å². The van der Waals surface area contributed by atoms with Crippen LogP contribution in [-0.2, 0) is 4.79 Å². The van der Waals surface area contributed by atoms with Crippen molar-refractivity contribution in [2.24, 2.45) is 10.9 Å². The minimum atomic E-state index is -0.456. The zero-order chi connectivity index (χ0) is 19.7. The van der Waals surface area contributed by atoms with Gasteiger partial charge in [-0.2, -0.15) is 0 Å². The number of phenols is 1. The molecule has 1 saturated heterocycles. The lowest BCUT2D eigenvalue weighted by Crippen LogP contribution is -2.23. The van der Waals surface area contributed by atoms with Crippen molar-refractivity contribution in [1.29, 1.82) is 0 Å². The van der Waals surface area contributed by atoms with Crippen LogP contribution in [0.15, 0.2) is 33.5 Å². The fourth-order valence-corrected chi connectivity index (χ4v) is 4.99. The maximum Gasteiger partial charge on any atom is 0.264 e. The average Bonchev–Trinajstić information content (AvgIpc) is 3.39. The molecule has 0 radical (unpaired) electrons. The number of amidine groups is 1. The van der Waals surface area contributed by atoms with Crippen molar-refractivity contribution in [3.8, 4) is 16.3 Å². The van der Waals surface area contributed by atoms with Crippen molar-refractivity contribution in [1.82, 2.24) is 10.3 Å². The second kappa shape index (κ2) is 8.02. The number of halogens is 1. The number of carbonyl (C=O) groups excluding carboxylic acids is 1. The molecule has 3 N–H and O–H groups in total. The molecule has 2 atom stereocenters. The van der Waals surface area contributed by atoms with E-state index in [2.05, 4.69) is 15.3 Å². The number of amides is 1. The first-order valence-corrected chi connectivity index (χ1v) is 10.6. The van der Waals surface area contributed by atoms with E-state index >= 15 is 0 Å². The molecule has 146 valence electrons. The molecule has 1 saturated carbocycles. The van der Waals surface area contributed by atoms with Gasteiger partial charge in [-0.1, -0.05) is 6.42 Å². The van der Waals surface area contributed by atoms with Gasteiger partial charge in [-0.05, 0) is 48.9 Å². The lowest BCUT2D eigenvalue weighted by Gasteiger charge is -2.12. The van der Waals surface area contributed by atoms with Crippen LogP contribution in [0.3, 0.4) is 0 Å². The topological polar surface area (TPSA) is 94.8 Å². The van der Waals surface area contributed by atoms with E-state index in [0.717, 1.165) is 19.3 Å². The molecular formula is C19H18FN3O3S2. The van der Waals surface area contributed by atoms with Gasteiger partial charge >= 0.3 is 0 Å². The third-order valence-corrected chi connectivity index (χ3v) is 6.60. The second-order valence-corrected chi connectivity index (χ2v) is 8.57. The largest absolute Gasteiger partial charge is 0.507 e. The minimum Gasteiger partial charge on any atom is -0.507 e. The van der Waals surface area contributed by atoms with Crippen molar-refractivity contribution in [2.75, 3.05) is 6.61 Å². The number of nitrogens with zero attached hydrogens (tertiary/aromatic N) is 2. The maximum absolute atomic E-state index is 13.5. The van der Waals surface area contributed by atoms with Crippen LogP contribution in [0.25, 0.3) is 16.6 Å². The third-order valence-electron chi connectivity index (χ3n) is 4.78. The summed E-state index contributed by atoms with van der Waals surface area (Å²) in [6.45, 7) is 0.108. The SMILES string of the molecule is O=C1NC(=N[C@H]2CCC[C@@H]2CO)S/C1=C/c1csc(-c2cc(F)ccc2O)n1. The number of aliphatic hydroxyl groups excluding tert-OH is 1. The molecular weight excluding hydrogens is 401 g/mol. The predicted molar refractivity (Wildman–Crippen MR) is 109 cm³/mol. The highest BCUT2D eigenvalue weighted by Gasteiger charge is 2.30. The summed E-state index contributed by atoms with van der Waals surface area (Å²) in [5.41, 5.74) is 0.869. The van der Waals surface area contributed by atoms with Gasteiger partial charge in [0.1, 0.15) is 16.6 Å².